The first kappa shape index (κ1) is 33.8. The van der Waals surface area contributed by atoms with E-state index >= 15 is 4.39 Å². The highest BCUT2D eigenvalue weighted by molar-refractivity contribution is 6.31. The van der Waals surface area contributed by atoms with Crippen molar-refractivity contribution in [3.8, 4) is 11.8 Å². The second kappa shape index (κ2) is 14.2. The first-order chi connectivity index (χ1) is 20.3. The molecule has 228 valence electrons. The minimum atomic E-state index is -1.30. The minimum absolute atomic E-state index is 0.0137. The molecule has 3 aromatic carbocycles. The fraction of sp³-hybridized carbons (Fsp3) is 0.344. The van der Waals surface area contributed by atoms with Gasteiger partial charge < -0.3 is 20.1 Å². The smallest absolute Gasteiger partial charge is 0.341 e. The summed E-state index contributed by atoms with van der Waals surface area (Å²) in [7, 11) is 2.73. The number of nitrogens with zero attached hydrogens (tertiary/aromatic N) is 1. The van der Waals surface area contributed by atoms with Crippen LogP contribution in [-0.2, 0) is 14.9 Å². The molecule has 11 heteroatoms. The number of nitrogens with one attached hydrogen (secondary N) is 2. The predicted molar refractivity (Wildman–Crippen MR) is 163 cm³/mol. The lowest BCUT2D eigenvalue weighted by molar-refractivity contribution is -0.105. The molecule has 2 N–H and O–H groups in total. The summed E-state index contributed by atoms with van der Waals surface area (Å²) >= 11 is 11.9. The van der Waals surface area contributed by atoms with Crippen molar-refractivity contribution < 1.29 is 27.8 Å². The number of hydrogen-bond donors (Lipinski definition) is 2. The molecule has 7 nitrogen and oxygen atoms in total. The van der Waals surface area contributed by atoms with Crippen LogP contribution in [0.15, 0.2) is 54.6 Å². The van der Waals surface area contributed by atoms with E-state index in [4.69, 9.17) is 27.9 Å². The molecule has 0 bridgehead atoms. The van der Waals surface area contributed by atoms with Gasteiger partial charge in [-0.15, -0.1) is 0 Å². The number of carbonyl (C=O) groups excluding carboxylic acids is 2. The Balaban J connectivity index is 0.000000285. The second-order valence-corrected chi connectivity index (χ2v) is 12.0. The number of carbonyl (C=O) groups is 2. The number of benzene rings is 3. The molecule has 3 aromatic rings. The van der Waals surface area contributed by atoms with Gasteiger partial charge in [0.2, 0.25) is 6.41 Å². The Morgan fingerprint density at radius 2 is 1.88 bits per heavy atom. The first-order valence-electron chi connectivity index (χ1n) is 13.3. The topological polar surface area (TPSA) is 100 Å². The maximum absolute atomic E-state index is 15.0. The molecule has 0 aliphatic carbocycles. The lowest BCUT2D eigenvalue weighted by Crippen LogP contribution is -2.44. The summed E-state index contributed by atoms with van der Waals surface area (Å²) in [6, 6.07) is 15.7. The number of rotatable bonds is 7. The maximum Gasteiger partial charge on any atom is 0.341 e. The second-order valence-electron chi connectivity index (χ2n) is 11.2. The highest BCUT2D eigenvalue weighted by atomic mass is 35.5. The van der Waals surface area contributed by atoms with Gasteiger partial charge in [-0.3, -0.25) is 4.79 Å². The summed E-state index contributed by atoms with van der Waals surface area (Å²) in [5.41, 5.74) is -0.0148. The van der Waals surface area contributed by atoms with E-state index in [1.165, 1.54) is 32.4 Å². The lowest BCUT2D eigenvalue weighted by Gasteiger charge is -2.37. The summed E-state index contributed by atoms with van der Waals surface area (Å²) in [5.74, 6) is -1.86. The molecule has 2 unspecified atom stereocenters. The fourth-order valence-electron chi connectivity index (χ4n) is 5.36. The summed E-state index contributed by atoms with van der Waals surface area (Å²) in [4.78, 5) is 21.5. The summed E-state index contributed by atoms with van der Waals surface area (Å²) < 4.78 is 39.5. The van der Waals surface area contributed by atoms with E-state index in [0.717, 1.165) is 0 Å². The van der Waals surface area contributed by atoms with Crippen LogP contribution in [0.25, 0.3) is 0 Å². The van der Waals surface area contributed by atoms with Gasteiger partial charge in [0.1, 0.15) is 28.4 Å². The van der Waals surface area contributed by atoms with E-state index in [9.17, 15) is 19.2 Å². The van der Waals surface area contributed by atoms with Crippen LogP contribution in [0.3, 0.4) is 0 Å². The van der Waals surface area contributed by atoms with Gasteiger partial charge in [-0.1, -0.05) is 62.2 Å². The molecule has 4 rings (SSSR count). The number of methoxy groups -OCH3 is 2. The third-order valence-electron chi connectivity index (χ3n) is 7.24. The number of nitriles is 1. The number of anilines is 1. The van der Waals surface area contributed by atoms with E-state index in [2.05, 4.69) is 42.2 Å². The van der Waals surface area contributed by atoms with E-state index in [0.29, 0.717) is 41.9 Å². The molecule has 0 saturated carbocycles. The molecule has 1 fully saturated rings. The van der Waals surface area contributed by atoms with Gasteiger partial charge in [0, 0.05) is 40.8 Å². The molecular weight excluding hydrogens is 599 g/mol. The zero-order valence-corrected chi connectivity index (χ0v) is 25.9. The molecule has 1 aliphatic heterocycles. The fourth-order valence-corrected chi connectivity index (χ4v) is 5.70. The Morgan fingerprint density at radius 3 is 2.47 bits per heavy atom. The van der Waals surface area contributed by atoms with Gasteiger partial charge in [0.25, 0.3) is 0 Å². The van der Waals surface area contributed by atoms with Crippen LogP contribution >= 0.6 is 23.2 Å². The van der Waals surface area contributed by atoms with Gasteiger partial charge in [0.05, 0.1) is 25.3 Å². The largest absolute Gasteiger partial charge is 0.496 e. The predicted octanol–water partition coefficient (Wildman–Crippen LogP) is 7.27. The van der Waals surface area contributed by atoms with Crippen molar-refractivity contribution in [3.05, 3.63) is 93.0 Å². The SMILES string of the molecule is CC(C)(C)CC1NCC(c2cccc(Cl)c2F)[C@@]1(C#N)c1ccc(Cl)cc1F.COC(=O)c1ccc(NC=O)cc1OC. The zero-order chi connectivity index (χ0) is 31.9. The number of esters is 1. The molecule has 0 aromatic heterocycles. The Bertz CT molecular complexity index is 1520. The average molecular weight is 633 g/mol. The number of amides is 1. The van der Waals surface area contributed by atoms with Crippen molar-refractivity contribution in [1.82, 2.24) is 5.32 Å². The number of halogens is 4. The molecule has 0 spiro atoms. The van der Waals surface area contributed by atoms with Gasteiger partial charge in [-0.2, -0.15) is 5.26 Å². The van der Waals surface area contributed by atoms with Crippen molar-refractivity contribution in [2.75, 3.05) is 26.1 Å². The third-order valence-corrected chi connectivity index (χ3v) is 7.76. The summed E-state index contributed by atoms with van der Waals surface area (Å²) in [6.45, 7) is 6.51. The van der Waals surface area contributed by atoms with Crippen LogP contribution in [0, 0.1) is 28.4 Å². The Hall–Kier alpha value is -3.71. The van der Waals surface area contributed by atoms with E-state index < -0.39 is 28.9 Å². The standard InChI is InChI=1S/C22H22Cl2F2N2.C10H11NO4/c1-21(2,3)10-19-22(12-27,15-8-7-13(23)9-18(15)25)16(11-28-19)14-5-4-6-17(24)20(14)26;1-14-9-5-7(11-6-12)3-4-8(9)10(13)15-2/h4-9,16,19,28H,10-11H2,1-3H3;3-6H,1-2H3,(H,11,12)/t16?,19?,22-;/m1./s1. The maximum atomic E-state index is 15.0. The molecule has 1 amide bonds. The Morgan fingerprint density at radius 1 is 1.16 bits per heavy atom. The van der Waals surface area contributed by atoms with Crippen LogP contribution in [0.4, 0.5) is 14.5 Å². The normalized spacial score (nSPS) is 19.4. The molecule has 43 heavy (non-hydrogen) atoms. The molecule has 3 atom stereocenters. The highest BCUT2D eigenvalue weighted by Gasteiger charge is 2.55. The number of hydrogen-bond acceptors (Lipinski definition) is 6. The van der Waals surface area contributed by atoms with Gasteiger partial charge >= 0.3 is 5.97 Å². The van der Waals surface area contributed by atoms with Crippen LogP contribution in [0.5, 0.6) is 5.75 Å². The molecule has 1 heterocycles. The molecular formula is C32H33Cl2F2N3O4. The lowest BCUT2D eigenvalue weighted by atomic mass is 9.64. The number of ether oxygens (including phenoxy) is 2. The molecule has 1 aliphatic rings. The van der Waals surface area contributed by atoms with Gasteiger partial charge in [0.15, 0.2) is 0 Å². The van der Waals surface area contributed by atoms with Crippen LogP contribution in [0.1, 0.15) is 54.6 Å². The van der Waals surface area contributed by atoms with Gasteiger partial charge in [-0.25, -0.2) is 13.6 Å². The molecule has 1 saturated heterocycles. The first-order valence-corrected chi connectivity index (χ1v) is 14.1. The third kappa shape index (κ3) is 7.45. The van der Waals surface area contributed by atoms with E-state index in [-0.39, 0.29) is 27.1 Å². The van der Waals surface area contributed by atoms with E-state index in [1.54, 1.807) is 36.4 Å². The highest BCUT2D eigenvalue weighted by Crippen LogP contribution is 2.50. The van der Waals surface area contributed by atoms with Crippen molar-refractivity contribution in [3.63, 3.8) is 0 Å². The van der Waals surface area contributed by atoms with Gasteiger partial charge in [-0.05, 0) is 47.7 Å². The van der Waals surface area contributed by atoms with Crippen molar-refractivity contribution >= 4 is 41.3 Å². The van der Waals surface area contributed by atoms with Crippen LogP contribution in [-0.4, -0.2) is 39.2 Å². The van der Waals surface area contributed by atoms with Crippen molar-refractivity contribution in [2.45, 2.75) is 44.6 Å². The molecule has 0 radical (unpaired) electrons. The quantitative estimate of drug-likeness (QED) is 0.210. The minimum Gasteiger partial charge on any atom is -0.496 e. The summed E-state index contributed by atoms with van der Waals surface area (Å²) in [5, 5.41) is 16.4. The Labute approximate surface area is 260 Å². The van der Waals surface area contributed by atoms with Crippen LogP contribution < -0.4 is 15.4 Å². The zero-order valence-electron chi connectivity index (χ0n) is 24.4. The Kier molecular flexibility index (Phi) is 11.1. The van der Waals surface area contributed by atoms with Crippen molar-refractivity contribution in [2.24, 2.45) is 5.41 Å². The summed E-state index contributed by atoms with van der Waals surface area (Å²) in [6.07, 6.45) is 1.16. The van der Waals surface area contributed by atoms with E-state index in [1.807, 2.05) is 0 Å². The average Bonchev–Trinajstić information content (AvgIpc) is 3.31. The monoisotopic (exact) mass is 631 g/mol. The van der Waals surface area contributed by atoms with Crippen LogP contribution in [0.2, 0.25) is 10.0 Å². The van der Waals surface area contributed by atoms with Crippen molar-refractivity contribution in [1.29, 1.82) is 5.26 Å².